The van der Waals surface area contributed by atoms with Crippen molar-refractivity contribution < 1.29 is 19.1 Å². The van der Waals surface area contributed by atoms with Gasteiger partial charge in [0.2, 0.25) is 5.91 Å². The Morgan fingerprint density at radius 2 is 1.60 bits per heavy atom. The van der Waals surface area contributed by atoms with Gasteiger partial charge in [-0.3, -0.25) is 4.79 Å². The van der Waals surface area contributed by atoms with Crippen molar-refractivity contribution >= 4 is 12.0 Å². The molecule has 2 atom stereocenters. The number of unbranched alkanes of at least 4 members (excludes halogenated alkanes) is 1. The topological polar surface area (TPSA) is 79.9 Å². The van der Waals surface area contributed by atoms with Crippen molar-refractivity contribution in [3.05, 3.63) is 114 Å². The number of amides is 2. The van der Waals surface area contributed by atoms with Crippen LogP contribution in [0, 0.1) is 0 Å². The maximum absolute atomic E-state index is 13.6. The Bertz CT molecular complexity index is 1230. The molecular formula is C35H43N3O4. The number of hydrogen-bond acceptors (Lipinski definition) is 5. The lowest BCUT2D eigenvalue weighted by Crippen LogP contribution is -2.45. The predicted molar refractivity (Wildman–Crippen MR) is 166 cm³/mol. The van der Waals surface area contributed by atoms with E-state index in [9.17, 15) is 9.59 Å². The Morgan fingerprint density at radius 3 is 2.29 bits per heavy atom. The third-order valence-electron chi connectivity index (χ3n) is 7.46. The Balaban J connectivity index is 1.24. The fraction of sp³-hybridized carbons (Fsp3) is 0.371. The first-order valence-electron chi connectivity index (χ1n) is 15.0. The fourth-order valence-corrected chi connectivity index (χ4v) is 5.08. The van der Waals surface area contributed by atoms with Crippen LogP contribution >= 0.6 is 0 Å². The Kier molecular flexibility index (Phi) is 12.5. The molecule has 42 heavy (non-hydrogen) atoms. The maximum Gasteiger partial charge on any atom is 0.407 e. The molecule has 0 bridgehead atoms. The summed E-state index contributed by atoms with van der Waals surface area (Å²) in [6, 6.07) is 27.8. The zero-order valence-electron chi connectivity index (χ0n) is 24.4. The van der Waals surface area contributed by atoms with Gasteiger partial charge in [0.05, 0.1) is 6.04 Å². The van der Waals surface area contributed by atoms with E-state index < -0.39 is 6.09 Å². The number of nitrogens with one attached hydrogen (secondary N) is 2. The second-order valence-electron chi connectivity index (χ2n) is 10.7. The summed E-state index contributed by atoms with van der Waals surface area (Å²) in [6.07, 6.45) is 6.60. The number of carbonyl (C=O) groups excluding carboxylic acids is 2. The van der Waals surface area contributed by atoms with E-state index in [1.807, 2.05) is 95.9 Å². The van der Waals surface area contributed by atoms with Crippen molar-refractivity contribution in [2.24, 2.45) is 0 Å². The monoisotopic (exact) mass is 569 g/mol. The van der Waals surface area contributed by atoms with E-state index in [1.54, 1.807) is 0 Å². The Hall–Kier alpha value is -4.10. The van der Waals surface area contributed by atoms with Crippen molar-refractivity contribution in [1.82, 2.24) is 15.5 Å². The van der Waals surface area contributed by atoms with Crippen molar-refractivity contribution in [1.29, 1.82) is 0 Å². The van der Waals surface area contributed by atoms with Crippen LogP contribution in [-0.2, 0) is 29.3 Å². The van der Waals surface area contributed by atoms with Crippen molar-refractivity contribution in [2.75, 3.05) is 13.1 Å². The number of allylic oxidation sites excluding steroid dienone is 1. The van der Waals surface area contributed by atoms with Gasteiger partial charge >= 0.3 is 6.09 Å². The van der Waals surface area contributed by atoms with Crippen LogP contribution in [0.5, 0.6) is 5.75 Å². The maximum atomic E-state index is 13.6. The average Bonchev–Trinajstić information content (AvgIpc) is 3.17. The summed E-state index contributed by atoms with van der Waals surface area (Å²) in [5, 5.41) is 6.44. The smallest absolute Gasteiger partial charge is 0.407 e. The number of carbonyl (C=O) groups is 2. The fourth-order valence-electron chi connectivity index (χ4n) is 5.08. The van der Waals surface area contributed by atoms with Crippen LogP contribution in [0.2, 0.25) is 0 Å². The molecule has 0 unspecified atom stereocenters. The van der Waals surface area contributed by atoms with Gasteiger partial charge in [-0.05, 0) is 67.3 Å². The first-order valence-corrected chi connectivity index (χ1v) is 15.0. The van der Waals surface area contributed by atoms with E-state index in [2.05, 4.69) is 17.2 Å². The molecule has 1 aliphatic rings. The number of nitrogens with zero attached hydrogens (tertiary/aromatic N) is 1. The molecule has 0 aliphatic carbocycles. The van der Waals surface area contributed by atoms with Crippen LogP contribution in [0.1, 0.15) is 55.2 Å². The van der Waals surface area contributed by atoms with E-state index in [-0.39, 0.29) is 24.6 Å². The van der Waals surface area contributed by atoms with Crippen LogP contribution in [0.3, 0.4) is 0 Å². The highest BCUT2D eigenvalue weighted by Crippen LogP contribution is 2.20. The SMILES string of the molecule is C=CCC[C@@H]1CCN(Cc2ccc(OCc3ccccc3)cc2)C(=O)[C@H](CCCCNC(=O)OCc2ccccc2)N1. The third kappa shape index (κ3) is 10.4. The van der Waals surface area contributed by atoms with E-state index in [4.69, 9.17) is 9.47 Å². The van der Waals surface area contributed by atoms with Crippen molar-refractivity contribution in [3.8, 4) is 5.75 Å². The minimum absolute atomic E-state index is 0.135. The van der Waals surface area contributed by atoms with Crippen LogP contribution in [0.15, 0.2) is 97.6 Å². The average molecular weight is 570 g/mol. The van der Waals surface area contributed by atoms with Crippen LogP contribution in [-0.4, -0.2) is 42.1 Å². The van der Waals surface area contributed by atoms with E-state index in [0.717, 1.165) is 54.5 Å². The second-order valence-corrected chi connectivity index (χ2v) is 10.7. The Labute approximate surface area is 249 Å². The summed E-state index contributed by atoms with van der Waals surface area (Å²) in [7, 11) is 0. The molecule has 2 N–H and O–H groups in total. The molecule has 0 saturated carbocycles. The zero-order chi connectivity index (χ0) is 29.4. The molecule has 0 spiro atoms. The largest absolute Gasteiger partial charge is 0.489 e. The minimum atomic E-state index is -0.422. The highest BCUT2D eigenvalue weighted by atomic mass is 16.5. The van der Waals surface area contributed by atoms with Gasteiger partial charge in [0.15, 0.2) is 0 Å². The summed E-state index contributed by atoms with van der Waals surface area (Å²) in [5.74, 6) is 0.946. The third-order valence-corrected chi connectivity index (χ3v) is 7.46. The van der Waals surface area contributed by atoms with E-state index >= 15 is 0 Å². The van der Waals surface area contributed by atoms with Gasteiger partial charge in [0.25, 0.3) is 0 Å². The van der Waals surface area contributed by atoms with E-state index in [0.29, 0.717) is 32.7 Å². The molecule has 0 aromatic heterocycles. The lowest BCUT2D eigenvalue weighted by Gasteiger charge is -2.25. The van der Waals surface area contributed by atoms with Gasteiger partial charge in [-0.1, -0.05) is 78.9 Å². The quantitative estimate of drug-likeness (QED) is 0.164. The molecule has 222 valence electrons. The molecule has 1 fully saturated rings. The molecule has 7 heteroatoms. The highest BCUT2D eigenvalue weighted by Gasteiger charge is 2.30. The number of alkyl carbamates (subject to hydrolysis) is 1. The van der Waals surface area contributed by atoms with Crippen molar-refractivity contribution in [2.45, 2.75) is 70.4 Å². The molecule has 3 aromatic rings. The molecule has 1 saturated heterocycles. The van der Waals surface area contributed by atoms with Crippen LogP contribution < -0.4 is 15.4 Å². The predicted octanol–water partition coefficient (Wildman–Crippen LogP) is 6.39. The number of ether oxygens (including phenoxy) is 2. The Morgan fingerprint density at radius 1 is 0.905 bits per heavy atom. The molecule has 1 heterocycles. The molecule has 0 radical (unpaired) electrons. The molecule has 4 rings (SSSR count). The van der Waals surface area contributed by atoms with E-state index in [1.165, 1.54) is 0 Å². The lowest BCUT2D eigenvalue weighted by atomic mass is 10.0. The minimum Gasteiger partial charge on any atom is -0.489 e. The molecular weight excluding hydrogens is 526 g/mol. The summed E-state index contributed by atoms with van der Waals surface area (Å²) < 4.78 is 11.2. The first kappa shape index (κ1) is 30.8. The summed E-state index contributed by atoms with van der Waals surface area (Å²) in [5.41, 5.74) is 3.16. The van der Waals surface area contributed by atoms with Gasteiger partial charge in [-0.25, -0.2) is 4.79 Å². The number of rotatable bonds is 15. The molecule has 7 nitrogen and oxygen atoms in total. The van der Waals surface area contributed by atoms with Crippen LogP contribution in [0.4, 0.5) is 4.79 Å². The van der Waals surface area contributed by atoms with Gasteiger partial charge in [0, 0.05) is 25.7 Å². The van der Waals surface area contributed by atoms with Gasteiger partial charge in [-0.15, -0.1) is 6.58 Å². The lowest BCUT2D eigenvalue weighted by molar-refractivity contribution is -0.133. The second kappa shape index (κ2) is 17.0. The summed E-state index contributed by atoms with van der Waals surface area (Å²) in [6.45, 7) is 6.43. The normalized spacial score (nSPS) is 16.9. The molecule has 1 aliphatic heterocycles. The summed E-state index contributed by atoms with van der Waals surface area (Å²) in [4.78, 5) is 27.6. The summed E-state index contributed by atoms with van der Waals surface area (Å²) >= 11 is 0. The highest BCUT2D eigenvalue weighted by molar-refractivity contribution is 5.82. The standard InChI is InChI=1S/C35H43N3O4/c1-2-3-16-31-22-24-38(25-28-18-20-32(21-19-28)41-26-29-12-6-4-7-13-29)34(39)33(37-31)17-10-11-23-36-35(40)42-27-30-14-8-5-9-15-30/h2,4-9,12-15,18-21,31,33,37H,1,3,10-11,16-17,22-27H2,(H,36,40)/t31-,33+/m1/s1. The van der Waals surface area contributed by atoms with Crippen LogP contribution in [0.25, 0.3) is 0 Å². The van der Waals surface area contributed by atoms with Gasteiger partial charge < -0.3 is 25.0 Å². The first-order chi connectivity index (χ1) is 20.6. The molecule has 2 amide bonds. The van der Waals surface area contributed by atoms with Gasteiger partial charge in [-0.2, -0.15) is 0 Å². The number of benzene rings is 3. The van der Waals surface area contributed by atoms with Crippen molar-refractivity contribution in [3.63, 3.8) is 0 Å². The molecule has 3 aromatic carbocycles. The van der Waals surface area contributed by atoms with Gasteiger partial charge in [0.1, 0.15) is 19.0 Å². The number of hydrogen-bond donors (Lipinski definition) is 2. The zero-order valence-corrected chi connectivity index (χ0v) is 24.4.